The van der Waals surface area contributed by atoms with Crippen LogP contribution in [0.1, 0.15) is 37.7 Å². The molecule has 0 radical (unpaired) electrons. The molecule has 0 aliphatic carbocycles. The van der Waals surface area contributed by atoms with Crippen molar-refractivity contribution in [3.05, 3.63) is 29.8 Å². The van der Waals surface area contributed by atoms with Crippen LogP contribution in [0.15, 0.2) is 24.3 Å². The van der Waals surface area contributed by atoms with Crippen molar-refractivity contribution >= 4 is 35.5 Å². The average molecular weight is 521 g/mol. The lowest BCUT2D eigenvalue weighted by molar-refractivity contribution is -0.143. The number of amides is 5. The van der Waals surface area contributed by atoms with Gasteiger partial charge < -0.3 is 42.9 Å². The van der Waals surface area contributed by atoms with Gasteiger partial charge >= 0.3 is 5.97 Å². The number of phenolic OH excluding ortho intramolecular Hbond substituents is 1. The molecule has 1 fully saturated rings. The Balaban J connectivity index is 2.13. The molecule has 1 heterocycles. The Morgan fingerprint density at radius 2 is 1.65 bits per heavy atom. The molecule has 1 aliphatic rings. The molecule has 0 spiro atoms. The number of carbonyl (C=O) groups is 6. The maximum Gasteiger partial charge on any atom is 0.326 e. The monoisotopic (exact) mass is 520 g/mol. The van der Waals surface area contributed by atoms with E-state index in [4.69, 9.17) is 17.2 Å². The van der Waals surface area contributed by atoms with E-state index < -0.39 is 66.1 Å². The van der Waals surface area contributed by atoms with Crippen molar-refractivity contribution in [2.75, 3.05) is 6.54 Å². The quantitative estimate of drug-likeness (QED) is 0.144. The van der Waals surface area contributed by atoms with Crippen LogP contribution in [-0.2, 0) is 35.2 Å². The lowest BCUT2D eigenvalue weighted by Gasteiger charge is -2.28. The summed E-state index contributed by atoms with van der Waals surface area (Å²) in [5.74, 6) is -5.06. The summed E-state index contributed by atoms with van der Waals surface area (Å²) < 4.78 is 0. The van der Waals surface area contributed by atoms with Gasteiger partial charge in [0, 0.05) is 19.4 Å². The number of nitrogens with zero attached hydrogens (tertiary/aromatic N) is 1. The Bertz CT molecular complexity index is 1030. The highest BCUT2D eigenvalue weighted by Gasteiger charge is 2.38. The van der Waals surface area contributed by atoms with E-state index in [2.05, 4.69) is 10.6 Å². The maximum absolute atomic E-state index is 13.0. The second-order valence-electron chi connectivity index (χ2n) is 8.80. The second kappa shape index (κ2) is 13.2. The summed E-state index contributed by atoms with van der Waals surface area (Å²) in [4.78, 5) is 74.1. The van der Waals surface area contributed by atoms with Crippen LogP contribution < -0.4 is 27.8 Å². The molecule has 37 heavy (non-hydrogen) atoms. The Labute approximate surface area is 212 Å². The lowest BCUT2D eigenvalue weighted by atomic mass is 10.0. The van der Waals surface area contributed by atoms with E-state index in [0.717, 1.165) is 0 Å². The van der Waals surface area contributed by atoms with Crippen LogP contribution >= 0.6 is 0 Å². The Hall–Kier alpha value is -4.20. The van der Waals surface area contributed by atoms with Gasteiger partial charge in [0.15, 0.2) is 0 Å². The van der Waals surface area contributed by atoms with E-state index in [0.29, 0.717) is 12.0 Å². The Morgan fingerprint density at radius 3 is 2.22 bits per heavy atom. The van der Waals surface area contributed by atoms with Gasteiger partial charge in [-0.3, -0.25) is 24.0 Å². The minimum atomic E-state index is -1.37. The largest absolute Gasteiger partial charge is 0.508 e. The van der Waals surface area contributed by atoms with Crippen molar-refractivity contribution in [1.82, 2.24) is 15.5 Å². The third-order valence-electron chi connectivity index (χ3n) is 5.88. The standard InChI is InChI=1S/C23H32N6O8/c24-14(11-19(26)32)22(35)29-9-1-2-17(29)21(34)27-15(7-8-18(25)31)20(33)28-16(23(36)37)10-12-3-5-13(30)6-4-12/h3-6,14-17,30H,1-2,7-11,24H2,(H2,25,31)(H2,26,32)(H,27,34)(H,28,33)(H,36,37). The summed E-state index contributed by atoms with van der Waals surface area (Å²) in [5, 5.41) is 23.8. The minimum absolute atomic E-state index is 0.0103. The van der Waals surface area contributed by atoms with Gasteiger partial charge in [-0.1, -0.05) is 12.1 Å². The molecule has 4 unspecified atom stereocenters. The summed E-state index contributed by atoms with van der Waals surface area (Å²) >= 11 is 0. The van der Waals surface area contributed by atoms with Crippen LogP contribution in [0.2, 0.25) is 0 Å². The van der Waals surface area contributed by atoms with Crippen molar-refractivity contribution < 1.29 is 39.0 Å². The van der Waals surface area contributed by atoms with Crippen molar-refractivity contribution in [2.24, 2.45) is 17.2 Å². The van der Waals surface area contributed by atoms with Gasteiger partial charge in [-0.25, -0.2) is 4.79 Å². The highest BCUT2D eigenvalue weighted by Crippen LogP contribution is 2.19. The number of carboxylic acids is 1. The second-order valence-corrected chi connectivity index (χ2v) is 8.80. The molecule has 10 N–H and O–H groups in total. The predicted molar refractivity (Wildman–Crippen MR) is 128 cm³/mol. The fourth-order valence-corrected chi connectivity index (χ4v) is 3.98. The number of primary amides is 2. The van der Waals surface area contributed by atoms with Crippen molar-refractivity contribution in [3.63, 3.8) is 0 Å². The molecule has 1 aromatic rings. The topological polar surface area (TPSA) is 248 Å². The summed E-state index contributed by atoms with van der Waals surface area (Å²) in [5.41, 5.74) is 16.5. The molecule has 0 bridgehead atoms. The van der Waals surface area contributed by atoms with Crippen molar-refractivity contribution in [1.29, 1.82) is 0 Å². The summed E-state index contributed by atoms with van der Waals surface area (Å²) in [6, 6.07) is 0.835. The Morgan fingerprint density at radius 1 is 1.00 bits per heavy atom. The zero-order valence-corrected chi connectivity index (χ0v) is 20.1. The molecule has 14 nitrogen and oxygen atoms in total. The van der Waals surface area contributed by atoms with Gasteiger partial charge in [0.25, 0.3) is 0 Å². The number of nitrogens with two attached hydrogens (primary N) is 3. The van der Waals surface area contributed by atoms with Gasteiger partial charge in [0.1, 0.15) is 23.9 Å². The van der Waals surface area contributed by atoms with E-state index in [9.17, 15) is 39.0 Å². The highest BCUT2D eigenvalue weighted by molar-refractivity contribution is 5.95. The summed E-state index contributed by atoms with van der Waals surface area (Å²) in [6.07, 6.45) is -0.251. The van der Waals surface area contributed by atoms with Gasteiger partial charge in [-0.2, -0.15) is 0 Å². The first-order valence-corrected chi connectivity index (χ1v) is 11.6. The van der Waals surface area contributed by atoms with E-state index >= 15 is 0 Å². The van der Waals surface area contributed by atoms with Gasteiger partial charge in [0.05, 0.1) is 12.5 Å². The molecule has 14 heteroatoms. The number of aromatic hydroxyl groups is 1. The molecule has 4 atom stereocenters. The number of aliphatic carboxylic acids is 1. The molecule has 5 amide bonds. The summed E-state index contributed by atoms with van der Waals surface area (Å²) in [7, 11) is 0. The van der Waals surface area contributed by atoms with E-state index in [1.165, 1.54) is 29.2 Å². The SMILES string of the molecule is NC(=O)CCC(NC(=O)C1CCCN1C(=O)C(N)CC(N)=O)C(=O)NC(Cc1ccc(O)cc1)C(=O)O. The number of benzene rings is 1. The number of rotatable bonds is 13. The van der Waals surface area contributed by atoms with Crippen LogP contribution in [-0.4, -0.2) is 81.3 Å². The number of carboxylic acid groups (broad SMARTS) is 1. The molecular formula is C23H32N6O8. The molecule has 202 valence electrons. The maximum atomic E-state index is 13.0. The normalized spacial score (nSPS) is 17.3. The molecule has 2 rings (SSSR count). The van der Waals surface area contributed by atoms with Crippen LogP contribution in [0, 0.1) is 0 Å². The van der Waals surface area contributed by atoms with Crippen molar-refractivity contribution in [3.8, 4) is 5.75 Å². The van der Waals surface area contributed by atoms with E-state index in [1.807, 2.05) is 0 Å². The number of hydrogen-bond acceptors (Lipinski definition) is 8. The van der Waals surface area contributed by atoms with Gasteiger partial charge in [-0.15, -0.1) is 0 Å². The minimum Gasteiger partial charge on any atom is -0.508 e. The first-order valence-electron chi connectivity index (χ1n) is 11.6. The van der Waals surface area contributed by atoms with Gasteiger partial charge in [-0.05, 0) is 37.0 Å². The zero-order chi connectivity index (χ0) is 27.7. The third kappa shape index (κ3) is 8.75. The first-order chi connectivity index (χ1) is 17.4. The molecule has 1 aliphatic heterocycles. The van der Waals surface area contributed by atoms with Crippen LogP contribution in [0.4, 0.5) is 0 Å². The fourth-order valence-electron chi connectivity index (χ4n) is 3.98. The summed E-state index contributed by atoms with van der Waals surface area (Å²) in [6.45, 7) is 0.204. The zero-order valence-electron chi connectivity index (χ0n) is 20.1. The number of nitrogens with one attached hydrogen (secondary N) is 2. The molecular weight excluding hydrogens is 488 g/mol. The number of phenols is 1. The lowest BCUT2D eigenvalue weighted by Crippen LogP contribution is -2.57. The number of carbonyl (C=O) groups excluding carboxylic acids is 5. The molecule has 0 saturated carbocycles. The molecule has 1 aromatic carbocycles. The van der Waals surface area contributed by atoms with E-state index in [-0.39, 0.29) is 38.0 Å². The first kappa shape index (κ1) is 29.0. The van der Waals surface area contributed by atoms with Crippen LogP contribution in [0.25, 0.3) is 0 Å². The number of likely N-dealkylation sites (tertiary alicyclic amines) is 1. The third-order valence-corrected chi connectivity index (χ3v) is 5.88. The predicted octanol–water partition coefficient (Wildman–Crippen LogP) is -2.55. The smallest absolute Gasteiger partial charge is 0.326 e. The molecule has 1 saturated heterocycles. The molecule has 0 aromatic heterocycles. The van der Waals surface area contributed by atoms with Crippen LogP contribution in [0.3, 0.4) is 0 Å². The van der Waals surface area contributed by atoms with Crippen molar-refractivity contribution in [2.45, 2.75) is 62.7 Å². The highest BCUT2D eigenvalue weighted by atomic mass is 16.4. The number of hydrogen-bond donors (Lipinski definition) is 7. The fraction of sp³-hybridized carbons (Fsp3) is 0.478. The Kier molecular flexibility index (Phi) is 10.4. The average Bonchev–Trinajstić information content (AvgIpc) is 3.31. The van der Waals surface area contributed by atoms with E-state index in [1.54, 1.807) is 0 Å². The van der Waals surface area contributed by atoms with Crippen LogP contribution in [0.5, 0.6) is 5.75 Å². The van der Waals surface area contributed by atoms with Gasteiger partial charge in [0.2, 0.25) is 29.5 Å².